The van der Waals surface area contributed by atoms with Crippen LogP contribution in [0.3, 0.4) is 0 Å². The molecule has 1 saturated carbocycles. The summed E-state index contributed by atoms with van der Waals surface area (Å²) in [5, 5.41) is 0.894. The lowest BCUT2D eigenvalue weighted by Crippen LogP contribution is -2.12. The molecule has 1 aliphatic carbocycles. The first-order valence-corrected chi connectivity index (χ1v) is 8.05. The standard InChI is InChI=1S/C19H17F3O/c1-10-2-4-11(5-3-10)12-6-7-13-14-8-9-15(20)17(22)19(14)23-18(13)16(12)21/h6-11H,2-5H2,1H3. The molecule has 4 rings (SSSR count). The number of furan rings is 1. The molecular formula is C19H17F3O. The zero-order chi connectivity index (χ0) is 16.1. The van der Waals surface area contributed by atoms with Gasteiger partial charge >= 0.3 is 0 Å². The van der Waals surface area contributed by atoms with Gasteiger partial charge in [-0.25, -0.2) is 8.78 Å². The lowest BCUT2D eigenvalue weighted by molar-refractivity contribution is 0.342. The van der Waals surface area contributed by atoms with E-state index in [0.717, 1.165) is 31.7 Å². The molecule has 1 nitrogen and oxygen atoms in total. The van der Waals surface area contributed by atoms with Gasteiger partial charge in [0.25, 0.3) is 0 Å². The minimum absolute atomic E-state index is 0.0284. The van der Waals surface area contributed by atoms with Gasteiger partial charge < -0.3 is 4.42 Å². The van der Waals surface area contributed by atoms with Crippen LogP contribution < -0.4 is 0 Å². The van der Waals surface area contributed by atoms with Crippen molar-refractivity contribution in [3.8, 4) is 0 Å². The van der Waals surface area contributed by atoms with Crippen LogP contribution in [0.5, 0.6) is 0 Å². The van der Waals surface area contributed by atoms with Crippen LogP contribution in [0.4, 0.5) is 13.2 Å². The SMILES string of the molecule is CC1CCC(c2ccc3c(oc4c(F)c(F)ccc43)c2F)CC1. The van der Waals surface area contributed by atoms with Gasteiger partial charge in [0.05, 0.1) is 0 Å². The number of halogens is 3. The van der Waals surface area contributed by atoms with Crippen molar-refractivity contribution < 1.29 is 17.6 Å². The van der Waals surface area contributed by atoms with Gasteiger partial charge in [0.15, 0.2) is 22.8 Å². The lowest BCUT2D eigenvalue weighted by atomic mass is 9.79. The number of fused-ring (bicyclic) bond motifs is 3. The molecule has 0 aliphatic heterocycles. The van der Waals surface area contributed by atoms with Gasteiger partial charge in [-0.15, -0.1) is 0 Å². The quantitative estimate of drug-likeness (QED) is 0.513. The zero-order valence-electron chi connectivity index (χ0n) is 12.8. The fourth-order valence-electron chi connectivity index (χ4n) is 3.72. The van der Waals surface area contributed by atoms with Crippen molar-refractivity contribution in [3.05, 3.63) is 47.3 Å². The van der Waals surface area contributed by atoms with E-state index in [-0.39, 0.29) is 17.1 Å². The monoisotopic (exact) mass is 318 g/mol. The van der Waals surface area contributed by atoms with Crippen LogP contribution in [0.25, 0.3) is 21.9 Å². The van der Waals surface area contributed by atoms with E-state index < -0.39 is 17.5 Å². The van der Waals surface area contributed by atoms with Crippen molar-refractivity contribution in [1.29, 1.82) is 0 Å². The highest BCUT2D eigenvalue weighted by atomic mass is 19.2. The Kier molecular flexibility index (Phi) is 3.36. The average molecular weight is 318 g/mol. The summed E-state index contributed by atoms with van der Waals surface area (Å²) in [6.45, 7) is 2.21. The van der Waals surface area contributed by atoms with Crippen molar-refractivity contribution in [2.24, 2.45) is 5.92 Å². The van der Waals surface area contributed by atoms with Gasteiger partial charge in [0.1, 0.15) is 0 Å². The third-order valence-corrected chi connectivity index (χ3v) is 5.13. The molecule has 1 fully saturated rings. The minimum atomic E-state index is -1.06. The molecular weight excluding hydrogens is 301 g/mol. The topological polar surface area (TPSA) is 13.1 Å². The summed E-state index contributed by atoms with van der Waals surface area (Å²) in [4.78, 5) is 0. The molecule has 0 radical (unpaired) electrons. The second-order valence-electron chi connectivity index (χ2n) is 6.64. The van der Waals surface area contributed by atoms with Gasteiger partial charge in [-0.1, -0.05) is 25.8 Å². The second kappa shape index (κ2) is 5.29. The molecule has 0 amide bonds. The third kappa shape index (κ3) is 2.23. The first-order chi connectivity index (χ1) is 11.1. The van der Waals surface area contributed by atoms with Crippen LogP contribution in [-0.2, 0) is 0 Å². The Morgan fingerprint density at radius 2 is 1.43 bits per heavy atom. The number of benzene rings is 2. The van der Waals surface area contributed by atoms with Crippen LogP contribution in [0.15, 0.2) is 28.7 Å². The maximum atomic E-state index is 14.9. The largest absolute Gasteiger partial charge is 0.450 e. The summed E-state index contributed by atoms with van der Waals surface area (Å²) in [5.74, 6) is -1.63. The van der Waals surface area contributed by atoms with E-state index in [1.807, 2.05) is 0 Å². The van der Waals surface area contributed by atoms with E-state index in [2.05, 4.69) is 6.92 Å². The van der Waals surface area contributed by atoms with E-state index in [1.54, 1.807) is 12.1 Å². The third-order valence-electron chi connectivity index (χ3n) is 5.13. The summed E-state index contributed by atoms with van der Waals surface area (Å²) in [5.41, 5.74) is 0.443. The summed E-state index contributed by atoms with van der Waals surface area (Å²) < 4.78 is 47.5. The molecule has 0 atom stereocenters. The highest BCUT2D eigenvalue weighted by Gasteiger charge is 2.25. The Balaban J connectivity index is 1.88. The highest BCUT2D eigenvalue weighted by Crippen LogP contribution is 2.40. The molecule has 0 saturated heterocycles. The van der Waals surface area contributed by atoms with Crippen LogP contribution in [-0.4, -0.2) is 0 Å². The molecule has 3 aromatic rings. The number of hydrogen-bond donors (Lipinski definition) is 0. The smallest absolute Gasteiger partial charge is 0.201 e. The van der Waals surface area contributed by atoms with E-state index in [4.69, 9.17) is 4.42 Å². The molecule has 23 heavy (non-hydrogen) atoms. The van der Waals surface area contributed by atoms with Gasteiger partial charge in [0, 0.05) is 10.8 Å². The van der Waals surface area contributed by atoms with E-state index in [9.17, 15) is 13.2 Å². The lowest BCUT2D eigenvalue weighted by Gasteiger charge is -2.26. The van der Waals surface area contributed by atoms with Crippen molar-refractivity contribution in [2.45, 2.75) is 38.5 Å². The summed E-state index contributed by atoms with van der Waals surface area (Å²) in [6.07, 6.45) is 4.07. The molecule has 0 N–H and O–H groups in total. The van der Waals surface area contributed by atoms with Gasteiger partial charge in [0.2, 0.25) is 5.82 Å². The van der Waals surface area contributed by atoms with E-state index >= 15 is 0 Å². The molecule has 0 unspecified atom stereocenters. The Morgan fingerprint density at radius 3 is 2.13 bits per heavy atom. The fraction of sp³-hybridized carbons (Fsp3) is 0.368. The van der Waals surface area contributed by atoms with E-state index in [0.29, 0.717) is 22.3 Å². The molecule has 120 valence electrons. The Labute approximate surface area is 132 Å². The van der Waals surface area contributed by atoms with Crippen LogP contribution in [0, 0.1) is 23.4 Å². The summed E-state index contributed by atoms with van der Waals surface area (Å²) in [7, 11) is 0. The number of hydrogen-bond acceptors (Lipinski definition) is 1. The van der Waals surface area contributed by atoms with Crippen LogP contribution in [0.1, 0.15) is 44.1 Å². The maximum absolute atomic E-state index is 14.9. The minimum Gasteiger partial charge on any atom is -0.450 e. The molecule has 4 heteroatoms. The maximum Gasteiger partial charge on any atom is 0.201 e. The average Bonchev–Trinajstić information content (AvgIpc) is 2.93. The molecule has 1 aromatic heterocycles. The van der Waals surface area contributed by atoms with Crippen LogP contribution >= 0.6 is 0 Å². The fourth-order valence-corrected chi connectivity index (χ4v) is 3.72. The molecule has 0 bridgehead atoms. The first kappa shape index (κ1) is 14.6. The highest BCUT2D eigenvalue weighted by molar-refractivity contribution is 6.05. The van der Waals surface area contributed by atoms with Gasteiger partial charge in [-0.3, -0.25) is 0 Å². The Bertz CT molecular complexity index is 889. The van der Waals surface area contributed by atoms with Gasteiger partial charge in [-0.05, 0) is 48.4 Å². The molecule has 1 aliphatic rings. The predicted octanol–water partition coefficient (Wildman–Crippen LogP) is 6.30. The zero-order valence-corrected chi connectivity index (χ0v) is 12.8. The van der Waals surface area contributed by atoms with Crippen LogP contribution in [0.2, 0.25) is 0 Å². The summed E-state index contributed by atoms with van der Waals surface area (Å²) >= 11 is 0. The molecule has 0 spiro atoms. The molecule has 2 aromatic carbocycles. The normalized spacial score (nSPS) is 22.1. The second-order valence-corrected chi connectivity index (χ2v) is 6.64. The van der Waals surface area contributed by atoms with Gasteiger partial charge in [-0.2, -0.15) is 4.39 Å². The number of rotatable bonds is 1. The first-order valence-electron chi connectivity index (χ1n) is 8.05. The summed E-state index contributed by atoms with van der Waals surface area (Å²) in [6, 6.07) is 6.01. The Morgan fingerprint density at radius 1 is 0.826 bits per heavy atom. The van der Waals surface area contributed by atoms with Crippen molar-refractivity contribution in [2.75, 3.05) is 0 Å². The Hall–Kier alpha value is -1.97. The van der Waals surface area contributed by atoms with Crippen molar-refractivity contribution >= 4 is 21.9 Å². The van der Waals surface area contributed by atoms with Crippen molar-refractivity contribution in [1.82, 2.24) is 0 Å². The predicted molar refractivity (Wildman–Crippen MR) is 84.0 cm³/mol. The molecule has 1 heterocycles. The van der Waals surface area contributed by atoms with E-state index in [1.165, 1.54) is 6.07 Å². The van der Waals surface area contributed by atoms with Crippen molar-refractivity contribution in [3.63, 3.8) is 0 Å².